The average Bonchev–Trinajstić information content (AvgIpc) is 2.89. The zero-order valence-corrected chi connectivity index (χ0v) is 25.4. The summed E-state index contributed by atoms with van der Waals surface area (Å²) in [6.07, 6.45) is 1.55. The zero-order chi connectivity index (χ0) is 30.3. The minimum atomic E-state index is -1.41. The first-order chi connectivity index (χ1) is 19.4. The minimum absolute atomic E-state index is 0.157. The van der Waals surface area contributed by atoms with Gasteiger partial charge in [0.25, 0.3) is 5.79 Å². The van der Waals surface area contributed by atoms with Gasteiger partial charge in [0.15, 0.2) is 5.57 Å². The van der Waals surface area contributed by atoms with Crippen molar-refractivity contribution in [1.29, 1.82) is 0 Å². The first-order valence-corrected chi connectivity index (χ1v) is 14.0. The number of anilines is 1. The second-order valence-corrected chi connectivity index (χ2v) is 11.6. The van der Waals surface area contributed by atoms with Crippen molar-refractivity contribution in [2.24, 2.45) is 11.8 Å². The van der Waals surface area contributed by atoms with E-state index in [1.165, 1.54) is 26.5 Å². The summed E-state index contributed by atoms with van der Waals surface area (Å²) in [7, 11) is 3.07. The van der Waals surface area contributed by atoms with Crippen molar-refractivity contribution in [3.8, 4) is 11.5 Å². The summed E-state index contributed by atoms with van der Waals surface area (Å²) in [5, 5.41) is 13.9. The quantitative estimate of drug-likeness (QED) is 0.190. The number of cyclic esters (lactones) is 2. The fraction of sp³-hybridized carbons (Fsp3) is 0.500. The largest absolute Gasteiger partial charge is 0.497 e. The second-order valence-electron chi connectivity index (χ2n) is 11.6. The van der Waals surface area contributed by atoms with E-state index in [1.807, 2.05) is 17.0 Å². The number of esters is 2. The summed E-state index contributed by atoms with van der Waals surface area (Å²) < 4.78 is 21.9. The van der Waals surface area contributed by atoms with Crippen LogP contribution in [0.2, 0.25) is 0 Å². The first-order valence-electron chi connectivity index (χ1n) is 14.0. The van der Waals surface area contributed by atoms with E-state index in [-0.39, 0.29) is 23.9 Å². The molecule has 3 rings (SSSR count). The summed E-state index contributed by atoms with van der Waals surface area (Å²) in [5.74, 6) is -1.14. The summed E-state index contributed by atoms with van der Waals surface area (Å²) in [5.41, 5.74) is 2.36. The Labute approximate surface area is 243 Å². The van der Waals surface area contributed by atoms with E-state index >= 15 is 0 Å². The third-order valence-corrected chi connectivity index (χ3v) is 6.69. The highest BCUT2D eigenvalue weighted by molar-refractivity contribution is 6.16. The fourth-order valence-corrected chi connectivity index (χ4v) is 4.84. The van der Waals surface area contributed by atoms with Crippen molar-refractivity contribution < 1.29 is 33.6 Å². The highest BCUT2D eigenvalue weighted by Gasteiger charge is 2.43. The smallest absolute Gasteiger partial charge is 0.352 e. The van der Waals surface area contributed by atoms with Crippen LogP contribution in [-0.2, 0) is 32.0 Å². The number of carbonyl (C=O) groups excluding carboxylic acids is 2. The summed E-state index contributed by atoms with van der Waals surface area (Å²) in [6, 6.07) is 13.0. The van der Waals surface area contributed by atoms with Gasteiger partial charge in [-0.15, -0.1) is 0 Å². The van der Waals surface area contributed by atoms with Crippen LogP contribution in [0, 0.1) is 11.8 Å². The van der Waals surface area contributed by atoms with Gasteiger partial charge in [-0.05, 0) is 47.9 Å². The second kappa shape index (κ2) is 13.8. The normalized spacial score (nSPS) is 15.3. The van der Waals surface area contributed by atoms with Gasteiger partial charge >= 0.3 is 11.9 Å². The molecule has 0 spiro atoms. The van der Waals surface area contributed by atoms with Gasteiger partial charge in [0.05, 0.1) is 32.6 Å². The van der Waals surface area contributed by atoms with Crippen molar-refractivity contribution in [3.05, 3.63) is 65.0 Å². The van der Waals surface area contributed by atoms with Crippen LogP contribution in [0.5, 0.6) is 11.5 Å². The number of nitrogens with zero attached hydrogens (tertiary/aromatic N) is 1. The number of benzene rings is 2. The summed E-state index contributed by atoms with van der Waals surface area (Å²) in [4.78, 5) is 28.6. The monoisotopic (exact) mass is 568 g/mol. The molecule has 0 unspecified atom stereocenters. The third kappa shape index (κ3) is 8.39. The Morgan fingerprint density at radius 2 is 1.54 bits per heavy atom. The van der Waals surface area contributed by atoms with E-state index in [9.17, 15) is 14.7 Å². The van der Waals surface area contributed by atoms with E-state index in [0.29, 0.717) is 36.1 Å². The van der Waals surface area contributed by atoms with Crippen LogP contribution in [-0.4, -0.2) is 54.6 Å². The molecule has 0 amide bonds. The van der Waals surface area contributed by atoms with Gasteiger partial charge in [0, 0.05) is 26.5 Å². The molecule has 1 aliphatic rings. The Morgan fingerprint density at radius 3 is 2.05 bits per heavy atom. The van der Waals surface area contributed by atoms with Crippen LogP contribution in [0.3, 0.4) is 0 Å². The van der Waals surface area contributed by atoms with Crippen molar-refractivity contribution in [2.75, 3.05) is 26.1 Å². The first kappa shape index (κ1) is 31.8. The van der Waals surface area contributed by atoms with E-state index < -0.39 is 23.8 Å². The van der Waals surface area contributed by atoms with Gasteiger partial charge in [-0.1, -0.05) is 52.0 Å². The van der Waals surface area contributed by atoms with Crippen molar-refractivity contribution in [2.45, 2.75) is 72.8 Å². The van der Waals surface area contributed by atoms with Crippen molar-refractivity contribution in [3.63, 3.8) is 0 Å². The molecule has 1 aliphatic heterocycles. The van der Waals surface area contributed by atoms with Gasteiger partial charge in [-0.2, -0.15) is 0 Å². The Bertz CT molecular complexity index is 1210. The average molecular weight is 569 g/mol. The summed E-state index contributed by atoms with van der Waals surface area (Å²) in [6.45, 7) is 11.6. The molecule has 1 fully saturated rings. The van der Waals surface area contributed by atoms with Crippen molar-refractivity contribution in [1.82, 2.24) is 4.90 Å². The molecule has 224 valence electrons. The van der Waals surface area contributed by atoms with Crippen LogP contribution < -0.4 is 14.8 Å². The number of methoxy groups -OCH3 is 2. The molecular formula is C32H44N2O7. The number of carbonyl (C=O) groups is 2. The van der Waals surface area contributed by atoms with E-state index in [2.05, 4.69) is 45.1 Å². The topological polar surface area (TPSA) is 107 Å². The third-order valence-electron chi connectivity index (χ3n) is 6.69. The molecule has 2 aromatic carbocycles. The number of hydrogen-bond acceptors (Lipinski definition) is 9. The van der Waals surface area contributed by atoms with Crippen LogP contribution >= 0.6 is 0 Å². The summed E-state index contributed by atoms with van der Waals surface area (Å²) >= 11 is 0. The lowest BCUT2D eigenvalue weighted by atomic mass is 9.99. The number of nitrogens with one attached hydrogen (secondary N) is 1. The predicted molar refractivity (Wildman–Crippen MR) is 157 cm³/mol. The molecule has 0 bridgehead atoms. The van der Waals surface area contributed by atoms with Crippen LogP contribution in [0.4, 0.5) is 5.69 Å². The fourth-order valence-electron chi connectivity index (χ4n) is 4.84. The maximum absolute atomic E-state index is 13.4. The van der Waals surface area contributed by atoms with E-state index in [0.717, 1.165) is 12.0 Å². The molecule has 1 atom stereocenters. The molecule has 9 heteroatoms. The lowest BCUT2D eigenvalue weighted by molar-refractivity contribution is -0.222. The number of aliphatic hydroxyl groups excluding tert-OH is 1. The van der Waals surface area contributed by atoms with Crippen molar-refractivity contribution >= 4 is 17.6 Å². The molecular weight excluding hydrogens is 524 g/mol. The van der Waals surface area contributed by atoms with E-state index in [1.54, 1.807) is 25.3 Å². The van der Waals surface area contributed by atoms with Gasteiger partial charge in [-0.3, -0.25) is 0 Å². The molecule has 9 nitrogen and oxygen atoms in total. The Hall–Kier alpha value is -3.72. The van der Waals surface area contributed by atoms with Crippen LogP contribution in [0.25, 0.3) is 0 Å². The maximum Gasteiger partial charge on any atom is 0.352 e. The standard InChI is InChI=1S/C32H44N2O7/c1-20(2)15-22-9-11-23(12-10-22)18-34(24(19-35)16-21(3)4)29(28-30(36)40-32(5,6)41-31(28)37)33-26-14-13-25(38-7)17-27(26)39-8/h9-14,17,20-21,24,33,35H,15-16,18-19H2,1-8H3/t24-/m1/s1. The molecule has 2 N–H and O–H groups in total. The van der Waals surface area contributed by atoms with E-state index in [4.69, 9.17) is 18.9 Å². The Morgan fingerprint density at radius 1 is 0.927 bits per heavy atom. The maximum atomic E-state index is 13.4. The highest BCUT2D eigenvalue weighted by atomic mass is 16.7. The number of aliphatic hydroxyl groups is 1. The molecule has 0 saturated carbocycles. The molecule has 0 radical (unpaired) electrons. The zero-order valence-electron chi connectivity index (χ0n) is 25.4. The SMILES string of the molecule is COc1ccc(NC(=C2C(=O)OC(C)(C)OC2=O)N(Cc2ccc(CC(C)C)cc2)[C@@H](CO)CC(C)C)c(OC)c1. The minimum Gasteiger partial charge on any atom is -0.497 e. The lowest BCUT2D eigenvalue weighted by Crippen LogP contribution is -2.47. The number of rotatable bonds is 13. The van der Waals surface area contributed by atoms with Gasteiger partial charge < -0.3 is 34.3 Å². The molecule has 2 aromatic rings. The molecule has 1 saturated heterocycles. The Balaban J connectivity index is 2.19. The molecule has 41 heavy (non-hydrogen) atoms. The molecule has 0 aromatic heterocycles. The predicted octanol–water partition coefficient (Wildman–Crippen LogP) is 5.27. The van der Waals surface area contributed by atoms with Crippen LogP contribution in [0.15, 0.2) is 53.9 Å². The highest BCUT2D eigenvalue weighted by Crippen LogP contribution is 2.34. The van der Waals surface area contributed by atoms with Crippen LogP contribution in [0.1, 0.15) is 59.1 Å². The van der Waals surface area contributed by atoms with Gasteiger partial charge in [0.2, 0.25) is 0 Å². The number of hydrogen-bond donors (Lipinski definition) is 2. The van der Waals surface area contributed by atoms with Gasteiger partial charge in [0.1, 0.15) is 17.3 Å². The number of ether oxygens (including phenoxy) is 4. The lowest BCUT2D eigenvalue weighted by Gasteiger charge is -2.38. The Kier molecular flexibility index (Phi) is 10.7. The molecule has 1 heterocycles. The van der Waals surface area contributed by atoms with Gasteiger partial charge in [-0.25, -0.2) is 9.59 Å². The molecule has 0 aliphatic carbocycles.